The first kappa shape index (κ1) is 20.8. The lowest BCUT2D eigenvalue weighted by Crippen LogP contribution is -2.35. The Labute approximate surface area is 176 Å². The van der Waals surface area contributed by atoms with Crippen molar-refractivity contribution in [3.63, 3.8) is 0 Å². The van der Waals surface area contributed by atoms with Gasteiger partial charge in [-0.1, -0.05) is 29.3 Å². The van der Waals surface area contributed by atoms with Crippen LogP contribution in [0, 0.1) is 12.7 Å². The lowest BCUT2D eigenvalue weighted by atomic mass is 10.3. The SMILES string of the molecule is Cc1nc(C(=O)N(C)CC(=O)Nc2c(Cl)cccc2Cl)nn1-c1ccc(F)cc1. The fourth-order valence-electron chi connectivity index (χ4n) is 2.56. The second-order valence-electron chi connectivity index (χ2n) is 6.18. The number of hydrogen-bond donors (Lipinski definition) is 1. The standard InChI is InChI=1S/C19H16Cl2FN5O2/c1-11-23-18(25-27(11)13-8-6-12(22)7-9-13)19(29)26(2)10-16(28)24-17-14(20)4-3-5-15(17)21/h3-9H,10H2,1-2H3,(H,24,28). The molecule has 29 heavy (non-hydrogen) atoms. The summed E-state index contributed by atoms with van der Waals surface area (Å²) in [5.74, 6) is -1.05. The zero-order valence-corrected chi connectivity index (χ0v) is 17.0. The monoisotopic (exact) mass is 435 g/mol. The number of para-hydroxylation sites is 1. The maximum atomic E-state index is 13.1. The molecule has 0 spiro atoms. The van der Waals surface area contributed by atoms with Gasteiger partial charge in [0.1, 0.15) is 11.6 Å². The zero-order valence-electron chi connectivity index (χ0n) is 15.5. The zero-order chi connectivity index (χ0) is 21.1. The molecule has 0 atom stereocenters. The molecular formula is C19H16Cl2FN5O2. The normalized spacial score (nSPS) is 10.7. The minimum atomic E-state index is -0.547. The number of anilines is 1. The lowest BCUT2D eigenvalue weighted by Gasteiger charge is -2.16. The summed E-state index contributed by atoms with van der Waals surface area (Å²) in [4.78, 5) is 30.2. The first-order valence-electron chi connectivity index (χ1n) is 8.45. The Kier molecular flexibility index (Phi) is 6.14. The first-order valence-corrected chi connectivity index (χ1v) is 9.21. The first-order chi connectivity index (χ1) is 13.8. The van der Waals surface area contributed by atoms with Gasteiger partial charge in [0.15, 0.2) is 0 Å². The third kappa shape index (κ3) is 4.72. The van der Waals surface area contributed by atoms with Crippen molar-refractivity contribution in [2.75, 3.05) is 18.9 Å². The highest BCUT2D eigenvalue weighted by atomic mass is 35.5. The van der Waals surface area contributed by atoms with Crippen LogP contribution >= 0.6 is 23.2 Å². The van der Waals surface area contributed by atoms with E-state index in [1.165, 1.54) is 40.9 Å². The molecule has 1 N–H and O–H groups in total. The molecule has 0 bridgehead atoms. The summed E-state index contributed by atoms with van der Waals surface area (Å²) in [5.41, 5.74) is 0.834. The summed E-state index contributed by atoms with van der Waals surface area (Å²) in [6.07, 6.45) is 0. The third-order valence-electron chi connectivity index (χ3n) is 3.99. The number of carbonyl (C=O) groups excluding carboxylic acids is 2. The predicted molar refractivity (Wildman–Crippen MR) is 108 cm³/mol. The van der Waals surface area contributed by atoms with Crippen LogP contribution in [-0.4, -0.2) is 45.1 Å². The van der Waals surface area contributed by atoms with Gasteiger partial charge in [0.05, 0.1) is 28.0 Å². The van der Waals surface area contributed by atoms with Gasteiger partial charge in [-0.15, -0.1) is 5.10 Å². The number of nitrogens with one attached hydrogen (secondary N) is 1. The molecule has 0 aliphatic carbocycles. The molecule has 0 aliphatic heterocycles. The molecule has 3 rings (SSSR count). The van der Waals surface area contributed by atoms with Crippen molar-refractivity contribution in [3.05, 3.63) is 70.0 Å². The van der Waals surface area contributed by atoms with Crippen molar-refractivity contribution in [1.82, 2.24) is 19.7 Å². The van der Waals surface area contributed by atoms with Crippen LogP contribution in [0.2, 0.25) is 10.0 Å². The Hall–Kier alpha value is -2.97. The van der Waals surface area contributed by atoms with E-state index in [4.69, 9.17) is 23.2 Å². The molecule has 0 saturated carbocycles. The van der Waals surface area contributed by atoms with Crippen molar-refractivity contribution >= 4 is 40.7 Å². The topological polar surface area (TPSA) is 80.1 Å². The molecule has 7 nitrogen and oxygen atoms in total. The van der Waals surface area contributed by atoms with E-state index in [1.54, 1.807) is 25.1 Å². The van der Waals surface area contributed by atoms with Crippen LogP contribution in [0.1, 0.15) is 16.4 Å². The quantitative estimate of drug-likeness (QED) is 0.661. The number of rotatable bonds is 5. The molecule has 3 aromatic rings. The summed E-state index contributed by atoms with van der Waals surface area (Å²) in [5, 5.41) is 7.33. The Bertz CT molecular complexity index is 1050. The van der Waals surface area contributed by atoms with Crippen LogP contribution in [0.25, 0.3) is 5.69 Å². The summed E-state index contributed by atoms with van der Waals surface area (Å²) in [6, 6.07) is 10.5. The van der Waals surface area contributed by atoms with Gasteiger partial charge in [-0.05, 0) is 43.3 Å². The maximum Gasteiger partial charge on any atom is 0.293 e. The number of benzene rings is 2. The van der Waals surface area contributed by atoms with Crippen LogP contribution in [0.3, 0.4) is 0 Å². The van der Waals surface area contributed by atoms with Crippen molar-refractivity contribution in [2.24, 2.45) is 0 Å². The van der Waals surface area contributed by atoms with Crippen molar-refractivity contribution < 1.29 is 14.0 Å². The van der Waals surface area contributed by atoms with E-state index in [1.807, 2.05) is 0 Å². The van der Waals surface area contributed by atoms with Crippen LogP contribution in [-0.2, 0) is 4.79 Å². The fourth-order valence-corrected chi connectivity index (χ4v) is 3.05. The summed E-state index contributed by atoms with van der Waals surface area (Å²) in [6.45, 7) is 1.41. The molecule has 0 fully saturated rings. The van der Waals surface area contributed by atoms with Gasteiger partial charge in [0.25, 0.3) is 5.91 Å². The fraction of sp³-hybridized carbons (Fsp3) is 0.158. The van der Waals surface area contributed by atoms with Crippen molar-refractivity contribution in [2.45, 2.75) is 6.92 Å². The Morgan fingerprint density at radius 2 is 1.76 bits per heavy atom. The van der Waals surface area contributed by atoms with E-state index in [0.717, 1.165) is 0 Å². The molecule has 1 aromatic heterocycles. The Morgan fingerprint density at radius 3 is 2.38 bits per heavy atom. The van der Waals surface area contributed by atoms with Crippen LogP contribution < -0.4 is 5.32 Å². The molecule has 0 radical (unpaired) electrons. The Balaban J connectivity index is 1.71. The van der Waals surface area contributed by atoms with Crippen LogP contribution in [0.5, 0.6) is 0 Å². The highest BCUT2D eigenvalue weighted by Gasteiger charge is 2.21. The van der Waals surface area contributed by atoms with Crippen LogP contribution in [0.15, 0.2) is 42.5 Å². The van der Waals surface area contributed by atoms with Gasteiger partial charge in [-0.25, -0.2) is 14.1 Å². The number of likely N-dealkylation sites (N-methyl/N-ethyl adjacent to an activating group) is 1. The van der Waals surface area contributed by atoms with Crippen molar-refractivity contribution in [1.29, 1.82) is 0 Å². The number of halogens is 3. The maximum absolute atomic E-state index is 13.1. The van der Waals surface area contributed by atoms with Gasteiger partial charge in [-0.2, -0.15) is 0 Å². The summed E-state index contributed by atoms with van der Waals surface area (Å²) >= 11 is 12.1. The van der Waals surface area contributed by atoms with E-state index in [0.29, 0.717) is 11.5 Å². The van der Waals surface area contributed by atoms with Crippen molar-refractivity contribution in [3.8, 4) is 5.69 Å². The molecular weight excluding hydrogens is 420 g/mol. The molecule has 10 heteroatoms. The Morgan fingerprint density at radius 1 is 1.14 bits per heavy atom. The van der Waals surface area contributed by atoms with Gasteiger partial charge >= 0.3 is 0 Å². The van der Waals surface area contributed by atoms with Gasteiger partial charge in [-0.3, -0.25) is 9.59 Å². The van der Waals surface area contributed by atoms with Gasteiger partial charge in [0, 0.05) is 7.05 Å². The number of nitrogens with zero attached hydrogens (tertiary/aromatic N) is 4. The molecule has 1 heterocycles. The largest absolute Gasteiger partial charge is 0.330 e. The van der Waals surface area contributed by atoms with Gasteiger partial charge < -0.3 is 10.2 Å². The molecule has 2 aromatic carbocycles. The van der Waals surface area contributed by atoms with E-state index >= 15 is 0 Å². The van der Waals surface area contributed by atoms with E-state index < -0.39 is 11.8 Å². The molecule has 2 amide bonds. The average molecular weight is 436 g/mol. The summed E-state index contributed by atoms with van der Waals surface area (Å²) < 4.78 is 14.5. The molecule has 150 valence electrons. The smallest absolute Gasteiger partial charge is 0.293 e. The lowest BCUT2D eigenvalue weighted by molar-refractivity contribution is -0.116. The second-order valence-corrected chi connectivity index (χ2v) is 6.99. The van der Waals surface area contributed by atoms with E-state index in [9.17, 15) is 14.0 Å². The molecule has 0 aliphatic rings. The minimum absolute atomic E-state index is 0.0853. The average Bonchev–Trinajstić information content (AvgIpc) is 3.06. The number of aromatic nitrogens is 3. The number of carbonyl (C=O) groups is 2. The summed E-state index contributed by atoms with van der Waals surface area (Å²) in [7, 11) is 1.45. The predicted octanol–water partition coefficient (Wildman–Crippen LogP) is 3.73. The molecule has 0 unspecified atom stereocenters. The number of aryl methyl sites for hydroxylation is 1. The minimum Gasteiger partial charge on any atom is -0.330 e. The highest BCUT2D eigenvalue weighted by Crippen LogP contribution is 2.29. The number of amides is 2. The number of hydrogen-bond acceptors (Lipinski definition) is 4. The van der Waals surface area contributed by atoms with Crippen LogP contribution in [0.4, 0.5) is 10.1 Å². The van der Waals surface area contributed by atoms with Gasteiger partial charge in [0.2, 0.25) is 11.7 Å². The third-order valence-corrected chi connectivity index (χ3v) is 4.62. The second kappa shape index (κ2) is 8.59. The van der Waals surface area contributed by atoms with E-state index in [-0.39, 0.29) is 33.9 Å². The van der Waals surface area contributed by atoms with E-state index in [2.05, 4.69) is 15.4 Å². The molecule has 0 saturated heterocycles. The highest BCUT2D eigenvalue weighted by molar-refractivity contribution is 6.39.